The lowest BCUT2D eigenvalue weighted by molar-refractivity contribution is 0.118. The van der Waals surface area contributed by atoms with Gasteiger partial charge in [0.2, 0.25) is 5.88 Å². The van der Waals surface area contributed by atoms with Gasteiger partial charge in [-0.15, -0.1) is 5.10 Å². The molecule has 1 aromatic heterocycles. The van der Waals surface area contributed by atoms with Crippen LogP contribution < -0.4 is 10.3 Å². The summed E-state index contributed by atoms with van der Waals surface area (Å²) in [7, 11) is 1.35. The van der Waals surface area contributed by atoms with E-state index in [1.807, 2.05) is 0 Å². The topological polar surface area (TPSA) is 44.1 Å². The van der Waals surface area contributed by atoms with E-state index in [-0.39, 0.29) is 5.88 Å². The maximum atomic E-state index is 11.9. The molecular formula is C7H8F2N2O2. The van der Waals surface area contributed by atoms with Crippen LogP contribution in [0.2, 0.25) is 0 Å². The van der Waals surface area contributed by atoms with Crippen molar-refractivity contribution in [3.63, 3.8) is 0 Å². The van der Waals surface area contributed by atoms with Gasteiger partial charge in [-0.2, -0.15) is 0 Å². The molecule has 0 aliphatic carbocycles. The number of ether oxygens (including phenoxy) is 1. The fraction of sp³-hybridized carbons (Fsp3) is 0.429. The summed E-state index contributed by atoms with van der Waals surface area (Å²) in [6, 6.07) is 2.46. The van der Waals surface area contributed by atoms with Crippen molar-refractivity contribution in [3.05, 3.63) is 22.5 Å². The summed E-state index contributed by atoms with van der Waals surface area (Å²) in [4.78, 5) is 10.9. The summed E-state index contributed by atoms with van der Waals surface area (Å²) in [5.74, 6) is 0.139. The molecule has 0 aromatic carbocycles. The summed E-state index contributed by atoms with van der Waals surface area (Å²) in [6.07, 6.45) is -2.60. The van der Waals surface area contributed by atoms with Gasteiger partial charge in [0.25, 0.3) is 12.0 Å². The average molecular weight is 190 g/mol. The van der Waals surface area contributed by atoms with Gasteiger partial charge in [-0.05, 0) is 0 Å². The van der Waals surface area contributed by atoms with Crippen LogP contribution in [-0.2, 0) is 6.54 Å². The highest BCUT2D eigenvalue weighted by Crippen LogP contribution is 2.01. The Morgan fingerprint density at radius 2 is 2.31 bits per heavy atom. The minimum absolute atomic E-state index is 0.139. The van der Waals surface area contributed by atoms with Gasteiger partial charge in [0.1, 0.15) is 6.54 Å². The van der Waals surface area contributed by atoms with E-state index in [4.69, 9.17) is 0 Å². The fourth-order valence-corrected chi connectivity index (χ4v) is 0.801. The lowest BCUT2D eigenvalue weighted by Crippen LogP contribution is -2.25. The molecule has 1 aromatic rings. The average Bonchev–Trinajstić information content (AvgIpc) is 2.08. The third-order valence-corrected chi connectivity index (χ3v) is 1.36. The first-order chi connectivity index (χ1) is 6.13. The van der Waals surface area contributed by atoms with Gasteiger partial charge >= 0.3 is 0 Å². The molecule has 0 fully saturated rings. The Bertz CT molecular complexity index is 338. The van der Waals surface area contributed by atoms with Gasteiger partial charge in [-0.3, -0.25) is 4.79 Å². The van der Waals surface area contributed by atoms with E-state index >= 15 is 0 Å². The first-order valence-corrected chi connectivity index (χ1v) is 3.54. The van der Waals surface area contributed by atoms with E-state index in [1.54, 1.807) is 0 Å². The highest BCUT2D eigenvalue weighted by molar-refractivity contribution is 5.05. The molecule has 0 atom stereocenters. The second-order valence-corrected chi connectivity index (χ2v) is 2.29. The molecule has 0 aliphatic heterocycles. The number of nitrogens with zero attached hydrogens (tertiary/aromatic N) is 2. The van der Waals surface area contributed by atoms with Crippen LogP contribution in [0.4, 0.5) is 8.78 Å². The van der Waals surface area contributed by atoms with Gasteiger partial charge in [-0.25, -0.2) is 13.5 Å². The summed E-state index contributed by atoms with van der Waals surface area (Å²) >= 11 is 0. The molecule has 0 amide bonds. The molecule has 0 N–H and O–H groups in total. The largest absolute Gasteiger partial charge is 0.480 e. The lowest BCUT2D eigenvalue weighted by Gasteiger charge is -2.04. The minimum Gasteiger partial charge on any atom is -0.480 e. The van der Waals surface area contributed by atoms with Crippen molar-refractivity contribution in [1.82, 2.24) is 9.78 Å². The van der Waals surface area contributed by atoms with E-state index in [2.05, 4.69) is 9.84 Å². The smallest absolute Gasteiger partial charge is 0.267 e. The van der Waals surface area contributed by atoms with Crippen molar-refractivity contribution < 1.29 is 13.5 Å². The van der Waals surface area contributed by atoms with Gasteiger partial charge in [0.15, 0.2) is 0 Å². The molecule has 0 saturated heterocycles. The highest BCUT2D eigenvalue weighted by Gasteiger charge is 2.07. The third kappa shape index (κ3) is 2.50. The maximum Gasteiger partial charge on any atom is 0.267 e. The molecule has 13 heavy (non-hydrogen) atoms. The Labute approximate surface area is 72.8 Å². The Kier molecular flexibility index (Phi) is 2.94. The zero-order chi connectivity index (χ0) is 9.84. The Morgan fingerprint density at radius 1 is 1.62 bits per heavy atom. The Morgan fingerprint density at radius 3 is 2.85 bits per heavy atom. The number of methoxy groups -OCH3 is 1. The molecule has 0 unspecified atom stereocenters. The van der Waals surface area contributed by atoms with Crippen LogP contribution >= 0.6 is 0 Å². The van der Waals surface area contributed by atoms with Crippen LogP contribution in [0.5, 0.6) is 5.88 Å². The van der Waals surface area contributed by atoms with Gasteiger partial charge in [0.05, 0.1) is 7.11 Å². The van der Waals surface area contributed by atoms with Crippen LogP contribution in [0, 0.1) is 0 Å². The number of halogens is 2. The van der Waals surface area contributed by atoms with Gasteiger partial charge in [-0.1, -0.05) is 0 Å². The maximum absolute atomic E-state index is 11.9. The second kappa shape index (κ2) is 3.97. The Balaban J connectivity index is 2.97. The molecule has 4 nitrogen and oxygen atoms in total. The summed E-state index contributed by atoms with van der Waals surface area (Å²) < 4.78 is 29.1. The van der Waals surface area contributed by atoms with Crippen LogP contribution in [0.25, 0.3) is 0 Å². The summed E-state index contributed by atoms with van der Waals surface area (Å²) in [5.41, 5.74) is -0.568. The van der Waals surface area contributed by atoms with Crippen molar-refractivity contribution in [2.24, 2.45) is 0 Å². The minimum atomic E-state index is -2.60. The summed E-state index contributed by atoms with van der Waals surface area (Å²) in [6.45, 7) is -0.712. The molecule has 0 spiro atoms. The SMILES string of the molecule is COc1ccc(=O)n(CC(F)F)n1. The highest BCUT2D eigenvalue weighted by atomic mass is 19.3. The number of rotatable bonds is 3. The van der Waals surface area contributed by atoms with Crippen molar-refractivity contribution in [2.75, 3.05) is 7.11 Å². The number of aromatic nitrogens is 2. The normalized spacial score (nSPS) is 10.5. The van der Waals surface area contributed by atoms with E-state index in [1.165, 1.54) is 13.2 Å². The predicted molar refractivity (Wildman–Crippen MR) is 41.1 cm³/mol. The monoisotopic (exact) mass is 190 g/mol. The zero-order valence-corrected chi connectivity index (χ0v) is 6.91. The van der Waals surface area contributed by atoms with Crippen molar-refractivity contribution >= 4 is 0 Å². The zero-order valence-electron chi connectivity index (χ0n) is 6.91. The first kappa shape index (κ1) is 9.63. The second-order valence-electron chi connectivity index (χ2n) is 2.29. The van der Waals surface area contributed by atoms with E-state index in [0.29, 0.717) is 4.68 Å². The standard InChI is InChI=1S/C7H8F2N2O2/c1-13-6-2-3-7(12)11(10-6)4-5(8)9/h2-3,5H,4H2,1H3. The number of hydrogen-bond acceptors (Lipinski definition) is 3. The Hall–Kier alpha value is -1.46. The molecule has 0 bridgehead atoms. The fourth-order valence-electron chi connectivity index (χ4n) is 0.801. The van der Waals surface area contributed by atoms with E-state index in [9.17, 15) is 13.6 Å². The molecule has 1 rings (SSSR count). The predicted octanol–water partition coefficient (Wildman–Crippen LogP) is 0.517. The first-order valence-electron chi connectivity index (χ1n) is 3.54. The van der Waals surface area contributed by atoms with Crippen molar-refractivity contribution in [1.29, 1.82) is 0 Å². The summed E-state index contributed by atoms with van der Waals surface area (Å²) in [5, 5.41) is 3.53. The van der Waals surface area contributed by atoms with Crippen molar-refractivity contribution in [2.45, 2.75) is 13.0 Å². The van der Waals surface area contributed by atoms with Crippen LogP contribution in [0.3, 0.4) is 0 Å². The molecule has 0 aliphatic rings. The molecule has 0 saturated carbocycles. The third-order valence-electron chi connectivity index (χ3n) is 1.36. The van der Waals surface area contributed by atoms with Crippen molar-refractivity contribution in [3.8, 4) is 5.88 Å². The molecular weight excluding hydrogens is 182 g/mol. The number of alkyl halides is 2. The van der Waals surface area contributed by atoms with Crippen LogP contribution in [0.1, 0.15) is 0 Å². The van der Waals surface area contributed by atoms with Crippen LogP contribution in [-0.4, -0.2) is 23.3 Å². The van der Waals surface area contributed by atoms with Gasteiger partial charge < -0.3 is 4.74 Å². The van der Waals surface area contributed by atoms with Crippen LogP contribution in [0.15, 0.2) is 16.9 Å². The quantitative estimate of drug-likeness (QED) is 0.697. The molecule has 1 heterocycles. The lowest BCUT2D eigenvalue weighted by atomic mass is 10.5. The molecule has 6 heteroatoms. The van der Waals surface area contributed by atoms with E-state index in [0.717, 1.165) is 6.07 Å². The number of hydrogen-bond donors (Lipinski definition) is 0. The molecule has 72 valence electrons. The van der Waals surface area contributed by atoms with Gasteiger partial charge in [0, 0.05) is 12.1 Å². The van der Waals surface area contributed by atoms with E-state index < -0.39 is 18.5 Å². The molecule has 0 radical (unpaired) electrons.